The molecule has 0 saturated heterocycles. The minimum Gasteiger partial charge on any atom is -0.267 e. The van der Waals surface area contributed by atoms with Crippen LogP contribution in [0.15, 0.2) is 21.0 Å². The molecule has 1 N–H and O–H groups in total. The van der Waals surface area contributed by atoms with Crippen LogP contribution in [0.5, 0.6) is 0 Å². The van der Waals surface area contributed by atoms with Crippen LogP contribution >= 0.6 is 11.8 Å². The van der Waals surface area contributed by atoms with Crippen molar-refractivity contribution in [2.24, 2.45) is 0 Å². The average Bonchev–Trinajstić information content (AvgIpc) is 3.15. The average molecular weight is 287 g/mol. The molecule has 1 fully saturated rings. The molecule has 2 aromatic heterocycles. The van der Waals surface area contributed by atoms with Gasteiger partial charge in [-0.25, -0.2) is 14.9 Å². The molecule has 1 saturated carbocycles. The number of aromatic amines is 1. The fourth-order valence-corrected chi connectivity index (χ4v) is 3.21. The highest BCUT2D eigenvalue weighted by molar-refractivity contribution is 7.99. The summed E-state index contributed by atoms with van der Waals surface area (Å²) in [4.78, 5) is 16.1. The van der Waals surface area contributed by atoms with Crippen molar-refractivity contribution < 1.29 is 0 Å². The highest BCUT2D eigenvalue weighted by atomic mass is 32.2. The third kappa shape index (κ3) is 2.23. The molecule has 1 aliphatic rings. The number of nitrogens with zero attached hydrogens (tertiary/aromatic N) is 4. The molecule has 6 nitrogen and oxygen atoms in total. The molecule has 1 aliphatic carbocycles. The van der Waals surface area contributed by atoms with E-state index in [0.717, 1.165) is 24.1 Å². The summed E-state index contributed by atoms with van der Waals surface area (Å²) < 4.78 is 1.66. The van der Waals surface area contributed by atoms with Gasteiger partial charge in [-0.2, -0.15) is 5.26 Å². The highest BCUT2D eigenvalue weighted by Gasteiger charge is 2.29. The van der Waals surface area contributed by atoms with Crippen molar-refractivity contribution in [3.05, 3.63) is 33.4 Å². The van der Waals surface area contributed by atoms with Crippen LogP contribution in [0.3, 0.4) is 0 Å². The number of nitriles is 1. The summed E-state index contributed by atoms with van der Waals surface area (Å²) in [6.07, 6.45) is 2.00. The van der Waals surface area contributed by atoms with E-state index in [2.05, 4.69) is 21.3 Å². The van der Waals surface area contributed by atoms with Crippen molar-refractivity contribution in [1.29, 1.82) is 5.26 Å². The molecule has 0 bridgehead atoms. The van der Waals surface area contributed by atoms with Crippen LogP contribution in [0.25, 0.3) is 0 Å². The number of nitrogens with one attached hydrogen (secondary N) is 1. The normalized spacial score (nSPS) is 14.2. The Hall–Kier alpha value is -2.07. The van der Waals surface area contributed by atoms with E-state index in [-0.39, 0.29) is 11.7 Å². The van der Waals surface area contributed by atoms with Gasteiger partial charge >= 0.3 is 5.69 Å². The second-order valence-corrected chi connectivity index (χ2v) is 5.84. The molecule has 0 atom stereocenters. The molecule has 7 heteroatoms. The highest BCUT2D eigenvalue weighted by Crippen LogP contribution is 2.38. The van der Waals surface area contributed by atoms with E-state index >= 15 is 0 Å². The van der Waals surface area contributed by atoms with Gasteiger partial charge in [0.2, 0.25) is 0 Å². The molecule has 0 aliphatic heterocycles. The van der Waals surface area contributed by atoms with Crippen LogP contribution in [-0.4, -0.2) is 19.7 Å². The van der Waals surface area contributed by atoms with Gasteiger partial charge in [0.1, 0.15) is 11.1 Å². The van der Waals surface area contributed by atoms with Crippen LogP contribution in [0.1, 0.15) is 35.7 Å². The van der Waals surface area contributed by atoms with Gasteiger partial charge in [0.05, 0.1) is 5.56 Å². The number of pyridine rings is 1. The van der Waals surface area contributed by atoms with E-state index in [1.54, 1.807) is 4.57 Å². The minimum atomic E-state index is -0.196. The predicted molar refractivity (Wildman–Crippen MR) is 73.7 cm³/mol. The van der Waals surface area contributed by atoms with Gasteiger partial charge in [-0.1, -0.05) is 0 Å². The third-order valence-electron chi connectivity index (χ3n) is 3.20. The number of hydrogen-bond acceptors (Lipinski definition) is 5. The molecule has 0 radical (unpaired) electrons. The molecule has 0 aromatic carbocycles. The topological polar surface area (TPSA) is 87.4 Å². The van der Waals surface area contributed by atoms with Gasteiger partial charge in [-0.15, -0.1) is 5.10 Å². The first-order chi connectivity index (χ1) is 9.60. The van der Waals surface area contributed by atoms with Crippen LogP contribution in [0, 0.1) is 25.2 Å². The lowest BCUT2D eigenvalue weighted by Crippen LogP contribution is -2.16. The summed E-state index contributed by atoms with van der Waals surface area (Å²) in [5.41, 5.74) is 2.08. The first kappa shape index (κ1) is 12.9. The van der Waals surface area contributed by atoms with Crippen molar-refractivity contribution in [2.75, 3.05) is 0 Å². The zero-order chi connectivity index (χ0) is 14.3. The summed E-state index contributed by atoms with van der Waals surface area (Å²) in [5, 5.41) is 17.0. The number of aromatic nitrogens is 4. The van der Waals surface area contributed by atoms with Crippen molar-refractivity contribution in [1.82, 2.24) is 19.7 Å². The quantitative estimate of drug-likeness (QED) is 0.932. The molecule has 0 unspecified atom stereocenters. The van der Waals surface area contributed by atoms with E-state index in [1.165, 1.54) is 11.8 Å². The van der Waals surface area contributed by atoms with Crippen LogP contribution < -0.4 is 5.69 Å². The third-order valence-corrected chi connectivity index (χ3v) is 4.15. The summed E-state index contributed by atoms with van der Waals surface area (Å²) in [7, 11) is 0. The Bertz CT molecular complexity index is 766. The van der Waals surface area contributed by atoms with Crippen LogP contribution in [-0.2, 0) is 0 Å². The monoisotopic (exact) mass is 287 g/mol. The summed E-state index contributed by atoms with van der Waals surface area (Å²) in [6.45, 7) is 3.77. The molecule has 3 rings (SSSR count). The Labute approximate surface area is 119 Å². The van der Waals surface area contributed by atoms with Gasteiger partial charge in [0.15, 0.2) is 5.16 Å². The van der Waals surface area contributed by atoms with E-state index in [9.17, 15) is 10.1 Å². The molecule has 2 aromatic rings. The van der Waals surface area contributed by atoms with E-state index in [4.69, 9.17) is 0 Å². The zero-order valence-electron chi connectivity index (χ0n) is 11.2. The molecule has 0 amide bonds. The molecular weight excluding hydrogens is 274 g/mol. The Morgan fingerprint density at radius 3 is 2.90 bits per heavy atom. The smallest absolute Gasteiger partial charge is 0.267 e. The number of aryl methyl sites for hydroxylation is 2. The van der Waals surface area contributed by atoms with E-state index in [1.807, 2.05) is 19.9 Å². The Balaban J connectivity index is 2.04. The number of rotatable bonds is 3. The second-order valence-electron chi connectivity index (χ2n) is 4.89. The molecule has 2 heterocycles. The van der Waals surface area contributed by atoms with Crippen LogP contribution in [0.2, 0.25) is 0 Å². The fraction of sp³-hybridized carbons (Fsp3) is 0.385. The van der Waals surface area contributed by atoms with E-state index in [0.29, 0.717) is 15.7 Å². The minimum absolute atomic E-state index is 0.196. The zero-order valence-corrected chi connectivity index (χ0v) is 12.0. The molecule has 102 valence electrons. The fourth-order valence-electron chi connectivity index (χ4n) is 2.12. The van der Waals surface area contributed by atoms with Crippen molar-refractivity contribution in [3.8, 4) is 6.07 Å². The number of H-pyrrole nitrogens is 1. The van der Waals surface area contributed by atoms with Gasteiger partial charge < -0.3 is 0 Å². The summed E-state index contributed by atoms with van der Waals surface area (Å²) in [5.74, 6) is 0. The second kappa shape index (κ2) is 4.80. The largest absolute Gasteiger partial charge is 0.344 e. The van der Waals surface area contributed by atoms with Crippen molar-refractivity contribution >= 4 is 11.8 Å². The van der Waals surface area contributed by atoms with Crippen molar-refractivity contribution in [2.45, 2.75) is 42.9 Å². The summed E-state index contributed by atoms with van der Waals surface area (Å²) >= 11 is 1.27. The lowest BCUT2D eigenvalue weighted by atomic mass is 10.1. The van der Waals surface area contributed by atoms with Gasteiger partial charge in [-0.3, -0.25) is 4.57 Å². The lowest BCUT2D eigenvalue weighted by molar-refractivity contribution is 0.642. The summed E-state index contributed by atoms with van der Waals surface area (Å²) in [6, 6.07) is 4.29. The SMILES string of the molecule is Cc1cc(C)c(C#N)c(Sc2n[nH]c(=O)n2C2CC2)n1. The Morgan fingerprint density at radius 1 is 1.50 bits per heavy atom. The molecular formula is C13H13N5OS. The maximum Gasteiger partial charge on any atom is 0.344 e. The molecule has 20 heavy (non-hydrogen) atoms. The maximum absolute atomic E-state index is 11.7. The number of hydrogen-bond donors (Lipinski definition) is 1. The van der Waals surface area contributed by atoms with Crippen molar-refractivity contribution in [3.63, 3.8) is 0 Å². The predicted octanol–water partition coefficient (Wildman–Crippen LogP) is 1.94. The standard InChI is InChI=1S/C13H13N5OS/c1-7-5-8(2)15-11(10(7)6-14)20-13-17-16-12(19)18(13)9-3-4-9/h5,9H,3-4H2,1-2H3,(H,16,19). The van der Waals surface area contributed by atoms with E-state index < -0.39 is 0 Å². The molecule has 0 spiro atoms. The van der Waals surface area contributed by atoms with Crippen LogP contribution in [0.4, 0.5) is 0 Å². The first-order valence-corrected chi connectivity index (χ1v) is 7.15. The van der Waals surface area contributed by atoms with Gasteiger partial charge in [0.25, 0.3) is 0 Å². The Kier molecular flexibility index (Phi) is 3.10. The Morgan fingerprint density at radius 2 is 2.25 bits per heavy atom. The van der Waals surface area contributed by atoms with Gasteiger partial charge in [0, 0.05) is 11.7 Å². The maximum atomic E-state index is 11.7. The lowest BCUT2D eigenvalue weighted by Gasteiger charge is -2.07. The first-order valence-electron chi connectivity index (χ1n) is 6.33. The van der Waals surface area contributed by atoms with Gasteiger partial charge in [-0.05, 0) is 50.1 Å².